The van der Waals surface area contributed by atoms with E-state index in [4.69, 9.17) is 5.11 Å². The van der Waals surface area contributed by atoms with E-state index < -0.39 is 11.4 Å². The van der Waals surface area contributed by atoms with Gasteiger partial charge in [0.15, 0.2) is 0 Å². The molecule has 0 aromatic carbocycles. The number of hydrogen-bond acceptors (Lipinski definition) is 2. The van der Waals surface area contributed by atoms with Gasteiger partial charge in [-0.25, -0.2) is 0 Å². The zero-order valence-corrected chi connectivity index (χ0v) is 8.75. The van der Waals surface area contributed by atoms with Crippen molar-refractivity contribution in [2.75, 3.05) is 13.6 Å². The van der Waals surface area contributed by atoms with Crippen molar-refractivity contribution in [3.8, 4) is 0 Å². The molecule has 0 aliphatic heterocycles. The lowest BCUT2D eigenvalue weighted by atomic mass is 10.1. The van der Waals surface area contributed by atoms with Gasteiger partial charge in [0, 0.05) is 13.6 Å². The predicted octanol–water partition coefficient (Wildman–Crippen LogP) is 1.11. The summed E-state index contributed by atoms with van der Waals surface area (Å²) in [5.41, 5.74) is -1.07. The SMILES string of the molecule is CCCCN(C)C(=O)C1(C(=O)O)CC1. The Morgan fingerprint density at radius 3 is 2.36 bits per heavy atom. The van der Waals surface area contributed by atoms with Crippen molar-refractivity contribution in [1.29, 1.82) is 0 Å². The Hall–Kier alpha value is -1.06. The first-order valence-corrected chi connectivity index (χ1v) is 5.03. The molecule has 0 aromatic rings. The fourth-order valence-corrected chi connectivity index (χ4v) is 1.51. The molecule has 4 heteroatoms. The van der Waals surface area contributed by atoms with Crippen LogP contribution in [0.3, 0.4) is 0 Å². The van der Waals surface area contributed by atoms with Crippen LogP contribution in [-0.2, 0) is 9.59 Å². The Morgan fingerprint density at radius 2 is 2.00 bits per heavy atom. The third-order valence-corrected chi connectivity index (χ3v) is 2.76. The molecule has 80 valence electrons. The third kappa shape index (κ3) is 1.89. The lowest BCUT2D eigenvalue weighted by Gasteiger charge is -2.20. The van der Waals surface area contributed by atoms with Crippen molar-refractivity contribution >= 4 is 11.9 Å². The number of carbonyl (C=O) groups excluding carboxylic acids is 1. The molecule has 14 heavy (non-hydrogen) atoms. The van der Waals surface area contributed by atoms with Crippen LogP contribution in [-0.4, -0.2) is 35.5 Å². The number of carboxylic acids is 1. The second kappa shape index (κ2) is 3.98. The number of rotatable bonds is 5. The lowest BCUT2D eigenvalue weighted by molar-refractivity contribution is -0.152. The van der Waals surface area contributed by atoms with Crippen molar-refractivity contribution in [2.45, 2.75) is 32.6 Å². The molecule has 0 heterocycles. The van der Waals surface area contributed by atoms with Crippen LogP contribution in [0.25, 0.3) is 0 Å². The van der Waals surface area contributed by atoms with Crippen molar-refractivity contribution < 1.29 is 14.7 Å². The van der Waals surface area contributed by atoms with Crippen molar-refractivity contribution in [3.05, 3.63) is 0 Å². The summed E-state index contributed by atoms with van der Waals surface area (Å²) in [7, 11) is 1.68. The van der Waals surface area contributed by atoms with Crippen molar-refractivity contribution in [3.63, 3.8) is 0 Å². The molecule has 1 rings (SSSR count). The van der Waals surface area contributed by atoms with Gasteiger partial charge < -0.3 is 10.0 Å². The van der Waals surface area contributed by atoms with Crippen LogP contribution in [0.1, 0.15) is 32.6 Å². The van der Waals surface area contributed by atoms with Crippen LogP contribution in [0, 0.1) is 5.41 Å². The van der Waals surface area contributed by atoms with Gasteiger partial charge in [0.25, 0.3) is 0 Å². The van der Waals surface area contributed by atoms with E-state index in [1.807, 2.05) is 6.92 Å². The van der Waals surface area contributed by atoms with E-state index in [0.29, 0.717) is 19.4 Å². The normalized spacial score (nSPS) is 17.6. The Labute approximate surface area is 83.9 Å². The maximum Gasteiger partial charge on any atom is 0.319 e. The predicted molar refractivity (Wildman–Crippen MR) is 51.8 cm³/mol. The van der Waals surface area contributed by atoms with E-state index >= 15 is 0 Å². The van der Waals surface area contributed by atoms with Crippen LogP contribution in [0.5, 0.6) is 0 Å². The number of carbonyl (C=O) groups is 2. The molecule has 1 N–H and O–H groups in total. The summed E-state index contributed by atoms with van der Waals surface area (Å²) >= 11 is 0. The minimum absolute atomic E-state index is 0.224. The van der Waals surface area contributed by atoms with Crippen LogP contribution in [0.4, 0.5) is 0 Å². The number of unbranched alkanes of at least 4 members (excludes halogenated alkanes) is 1. The molecule has 4 nitrogen and oxygen atoms in total. The van der Waals surface area contributed by atoms with E-state index in [0.717, 1.165) is 12.8 Å². The monoisotopic (exact) mass is 199 g/mol. The highest BCUT2D eigenvalue weighted by atomic mass is 16.4. The highest BCUT2D eigenvalue weighted by molar-refractivity contribution is 6.04. The van der Waals surface area contributed by atoms with Gasteiger partial charge in [-0.3, -0.25) is 9.59 Å². The minimum Gasteiger partial charge on any atom is -0.480 e. The van der Waals surface area contributed by atoms with E-state index in [9.17, 15) is 9.59 Å². The summed E-state index contributed by atoms with van der Waals surface area (Å²) in [4.78, 5) is 24.1. The molecule has 0 atom stereocenters. The van der Waals surface area contributed by atoms with Gasteiger partial charge >= 0.3 is 5.97 Å². The molecule has 1 fully saturated rings. The third-order valence-electron chi connectivity index (χ3n) is 2.76. The van der Waals surface area contributed by atoms with Gasteiger partial charge in [0.1, 0.15) is 5.41 Å². The van der Waals surface area contributed by atoms with Crippen LogP contribution < -0.4 is 0 Å². The smallest absolute Gasteiger partial charge is 0.319 e. The van der Waals surface area contributed by atoms with Gasteiger partial charge in [0.2, 0.25) is 5.91 Å². The molecule has 1 saturated carbocycles. The average molecular weight is 199 g/mol. The molecule has 0 unspecified atom stereocenters. The minimum atomic E-state index is -1.07. The molecule has 1 amide bonds. The standard InChI is InChI=1S/C10H17NO3/c1-3-4-7-11(2)8(12)10(5-6-10)9(13)14/h3-7H2,1-2H3,(H,13,14). The highest BCUT2D eigenvalue weighted by Crippen LogP contribution is 2.47. The second-order valence-corrected chi connectivity index (χ2v) is 3.97. The summed E-state index contributed by atoms with van der Waals surface area (Å²) in [5.74, 6) is -1.19. The Kier molecular flexibility index (Phi) is 3.13. The molecule has 0 bridgehead atoms. The van der Waals surface area contributed by atoms with E-state index in [-0.39, 0.29) is 5.91 Å². The first-order chi connectivity index (χ1) is 6.54. The topological polar surface area (TPSA) is 57.6 Å². The number of carboxylic acid groups (broad SMARTS) is 1. The number of nitrogens with zero attached hydrogens (tertiary/aromatic N) is 1. The maximum atomic E-state index is 11.7. The zero-order chi connectivity index (χ0) is 10.8. The Balaban J connectivity index is 2.52. The molecular formula is C10H17NO3. The fraction of sp³-hybridized carbons (Fsp3) is 0.800. The molecule has 0 saturated heterocycles. The number of aliphatic carboxylic acids is 1. The average Bonchev–Trinajstić information content (AvgIpc) is 2.93. The molecular weight excluding hydrogens is 182 g/mol. The molecule has 0 spiro atoms. The van der Waals surface area contributed by atoms with Crippen molar-refractivity contribution in [1.82, 2.24) is 4.90 Å². The molecule has 0 aromatic heterocycles. The lowest BCUT2D eigenvalue weighted by Crippen LogP contribution is -2.38. The van der Waals surface area contributed by atoms with Gasteiger partial charge in [-0.2, -0.15) is 0 Å². The van der Waals surface area contributed by atoms with Crippen LogP contribution in [0.15, 0.2) is 0 Å². The van der Waals surface area contributed by atoms with E-state index in [2.05, 4.69) is 0 Å². The van der Waals surface area contributed by atoms with Crippen LogP contribution in [0.2, 0.25) is 0 Å². The summed E-state index contributed by atoms with van der Waals surface area (Å²) in [6.07, 6.45) is 2.94. The second-order valence-electron chi connectivity index (χ2n) is 3.97. The summed E-state index contributed by atoms with van der Waals surface area (Å²) in [6, 6.07) is 0. The van der Waals surface area contributed by atoms with Crippen LogP contribution >= 0.6 is 0 Å². The zero-order valence-electron chi connectivity index (χ0n) is 8.75. The molecule has 1 aliphatic carbocycles. The van der Waals surface area contributed by atoms with Crippen molar-refractivity contribution in [2.24, 2.45) is 5.41 Å². The summed E-state index contributed by atoms with van der Waals surface area (Å²) < 4.78 is 0. The first-order valence-electron chi connectivity index (χ1n) is 5.03. The Bertz CT molecular complexity index is 246. The number of amides is 1. The Morgan fingerprint density at radius 1 is 1.43 bits per heavy atom. The first kappa shape index (κ1) is 11.0. The fourth-order valence-electron chi connectivity index (χ4n) is 1.51. The largest absolute Gasteiger partial charge is 0.480 e. The highest BCUT2D eigenvalue weighted by Gasteiger charge is 2.58. The van der Waals surface area contributed by atoms with Gasteiger partial charge in [-0.15, -0.1) is 0 Å². The van der Waals surface area contributed by atoms with Gasteiger partial charge in [0.05, 0.1) is 0 Å². The molecule has 0 radical (unpaired) electrons. The maximum absolute atomic E-state index is 11.7. The quantitative estimate of drug-likeness (QED) is 0.675. The number of hydrogen-bond donors (Lipinski definition) is 1. The summed E-state index contributed by atoms with van der Waals surface area (Å²) in [5, 5.41) is 8.90. The van der Waals surface area contributed by atoms with Gasteiger partial charge in [-0.05, 0) is 19.3 Å². The van der Waals surface area contributed by atoms with E-state index in [1.54, 1.807) is 11.9 Å². The van der Waals surface area contributed by atoms with E-state index in [1.165, 1.54) is 0 Å². The van der Waals surface area contributed by atoms with Gasteiger partial charge in [-0.1, -0.05) is 13.3 Å². The summed E-state index contributed by atoms with van der Waals surface area (Å²) in [6.45, 7) is 2.70. The molecule has 1 aliphatic rings.